The van der Waals surface area contributed by atoms with Crippen LogP contribution in [0.4, 0.5) is 0 Å². The number of hydrogen-bond donors (Lipinski definition) is 1. The molecule has 0 amide bonds. The molecule has 0 aliphatic carbocycles. The molecule has 0 spiro atoms. The molecule has 0 bridgehead atoms. The highest BCUT2D eigenvalue weighted by Crippen LogP contribution is 2.23. The Hall–Kier alpha value is -0.480. The van der Waals surface area contributed by atoms with Crippen LogP contribution in [0, 0.1) is 17.3 Å². The van der Waals surface area contributed by atoms with Gasteiger partial charge in [-0.3, -0.25) is 0 Å². The molecule has 0 saturated carbocycles. The average Bonchev–Trinajstić information content (AvgIpc) is 2.15. The first-order valence-electron chi connectivity index (χ1n) is 6.15. The van der Waals surface area contributed by atoms with E-state index in [9.17, 15) is 0 Å². The monoisotopic (exact) mass is 209 g/mol. The zero-order valence-electron chi connectivity index (χ0n) is 11.1. The first kappa shape index (κ1) is 14.5. The fraction of sp³-hybridized carbons (Fsp3) is 0.857. The lowest BCUT2D eigenvalue weighted by Gasteiger charge is -2.31. The predicted octanol–water partition coefficient (Wildman–Crippen LogP) is 3.59. The number of rotatable bonds is 6. The maximum Gasteiger partial charge on any atom is 0.0116 e. The highest BCUT2D eigenvalue weighted by atomic mass is 14.9. The Balaban J connectivity index is 3.94. The summed E-state index contributed by atoms with van der Waals surface area (Å²) < 4.78 is 0. The van der Waals surface area contributed by atoms with Crippen LogP contribution in [0.25, 0.3) is 0 Å². The molecular weight excluding hydrogens is 182 g/mol. The summed E-state index contributed by atoms with van der Waals surface area (Å²) in [5.74, 6) is 6.09. The van der Waals surface area contributed by atoms with Crippen molar-refractivity contribution < 1.29 is 0 Å². The largest absolute Gasteiger partial charge is 0.313 e. The molecular formula is C14H27N. The maximum absolute atomic E-state index is 3.64. The molecule has 0 heterocycles. The lowest BCUT2D eigenvalue weighted by molar-refractivity contribution is 0.252. The van der Waals surface area contributed by atoms with Crippen LogP contribution in [-0.4, -0.2) is 12.6 Å². The molecule has 0 rings (SSSR count). The van der Waals surface area contributed by atoms with Crippen molar-refractivity contribution in [1.29, 1.82) is 0 Å². The van der Waals surface area contributed by atoms with Crippen LogP contribution in [0.5, 0.6) is 0 Å². The Morgan fingerprint density at radius 3 is 2.40 bits per heavy atom. The Kier molecular flexibility index (Phi) is 7.52. The normalized spacial score (nSPS) is 13.1. The summed E-state index contributed by atoms with van der Waals surface area (Å²) in [4.78, 5) is 0. The van der Waals surface area contributed by atoms with Crippen LogP contribution in [0.2, 0.25) is 0 Å². The van der Waals surface area contributed by atoms with E-state index in [0.29, 0.717) is 11.5 Å². The van der Waals surface area contributed by atoms with Crippen LogP contribution in [-0.2, 0) is 0 Å². The number of hydrogen-bond acceptors (Lipinski definition) is 1. The Bertz CT molecular complexity index is 202. The van der Waals surface area contributed by atoms with E-state index in [0.717, 1.165) is 13.0 Å². The van der Waals surface area contributed by atoms with Crippen molar-refractivity contribution in [1.82, 2.24) is 5.32 Å². The molecule has 88 valence electrons. The van der Waals surface area contributed by atoms with E-state index in [4.69, 9.17) is 0 Å². The van der Waals surface area contributed by atoms with Crippen molar-refractivity contribution in [3.8, 4) is 11.8 Å². The van der Waals surface area contributed by atoms with Gasteiger partial charge in [0.25, 0.3) is 0 Å². The maximum atomic E-state index is 3.64. The Morgan fingerprint density at radius 1 is 1.27 bits per heavy atom. The molecule has 0 fully saturated rings. The lowest BCUT2D eigenvalue weighted by Crippen LogP contribution is -2.40. The summed E-state index contributed by atoms with van der Waals surface area (Å²) in [6.45, 7) is 12.2. The van der Waals surface area contributed by atoms with E-state index in [1.54, 1.807) is 0 Å². The molecule has 0 saturated heterocycles. The third-order valence-electron chi connectivity index (χ3n) is 2.66. The zero-order chi connectivity index (χ0) is 11.7. The summed E-state index contributed by atoms with van der Waals surface area (Å²) in [5.41, 5.74) is 0.356. The van der Waals surface area contributed by atoms with Gasteiger partial charge in [0.15, 0.2) is 0 Å². The number of unbranched alkanes of at least 4 members (excludes halogenated alkanes) is 1. The molecule has 1 unspecified atom stereocenters. The van der Waals surface area contributed by atoms with E-state index in [2.05, 4.69) is 44.9 Å². The van der Waals surface area contributed by atoms with E-state index in [-0.39, 0.29) is 0 Å². The van der Waals surface area contributed by atoms with E-state index < -0.39 is 0 Å². The van der Waals surface area contributed by atoms with Crippen LogP contribution >= 0.6 is 0 Å². The van der Waals surface area contributed by atoms with Crippen molar-refractivity contribution in [2.75, 3.05) is 6.54 Å². The molecule has 0 aromatic carbocycles. The topological polar surface area (TPSA) is 12.0 Å². The van der Waals surface area contributed by atoms with Crippen molar-refractivity contribution in [2.24, 2.45) is 5.41 Å². The first-order chi connectivity index (χ1) is 7.02. The molecule has 0 aromatic heterocycles. The van der Waals surface area contributed by atoms with Crippen LogP contribution in [0.3, 0.4) is 0 Å². The van der Waals surface area contributed by atoms with Crippen LogP contribution < -0.4 is 5.32 Å². The van der Waals surface area contributed by atoms with Gasteiger partial charge in [0.05, 0.1) is 0 Å². The second-order valence-electron chi connectivity index (χ2n) is 5.19. The highest BCUT2D eigenvalue weighted by molar-refractivity contribution is 4.95. The standard InChI is InChI=1S/C14H27N/c1-6-8-9-10-11-13(14(3,4)5)15-12-7-2/h13,15H,7,9-12H2,1-5H3. The van der Waals surface area contributed by atoms with Crippen LogP contribution in [0.15, 0.2) is 0 Å². The smallest absolute Gasteiger partial charge is 0.0116 e. The minimum absolute atomic E-state index is 0.356. The fourth-order valence-corrected chi connectivity index (χ4v) is 1.68. The molecule has 1 heteroatoms. The molecule has 1 atom stereocenters. The molecule has 0 radical (unpaired) electrons. The van der Waals surface area contributed by atoms with E-state index in [1.165, 1.54) is 19.3 Å². The third kappa shape index (κ3) is 7.45. The second kappa shape index (κ2) is 7.77. The van der Waals surface area contributed by atoms with E-state index >= 15 is 0 Å². The summed E-state index contributed by atoms with van der Waals surface area (Å²) in [5, 5.41) is 3.64. The zero-order valence-corrected chi connectivity index (χ0v) is 11.1. The van der Waals surface area contributed by atoms with Crippen molar-refractivity contribution in [3.63, 3.8) is 0 Å². The Labute approximate surface area is 96.0 Å². The van der Waals surface area contributed by atoms with Gasteiger partial charge in [-0.15, -0.1) is 11.8 Å². The SMILES string of the molecule is CC#CCCCC(NCCC)C(C)(C)C. The van der Waals surface area contributed by atoms with Gasteiger partial charge in [-0.05, 0) is 38.1 Å². The molecule has 0 aliphatic rings. The van der Waals surface area contributed by atoms with Gasteiger partial charge in [-0.25, -0.2) is 0 Å². The van der Waals surface area contributed by atoms with Crippen LogP contribution in [0.1, 0.15) is 60.3 Å². The first-order valence-corrected chi connectivity index (χ1v) is 6.15. The third-order valence-corrected chi connectivity index (χ3v) is 2.66. The highest BCUT2D eigenvalue weighted by Gasteiger charge is 2.22. The lowest BCUT2D eigenvalue weighted by atomic mass is 9.83. The quantitative estimate of drug-likeness (QED) is 0.520. The summed E-state index contributed by atoms with van der Waals surface area (Å²) in [7, 11) is 0. The predicted molar refractivity (Wildman–Crippen MR) is 68.8 cm³/mol. The van der Waals surface area contributed by atoms with Gasteiger partial charge in [0.2, 0.25) is 0 Å². The van der Waals surface area contributed by atoms with Gasteiger partial charge in [0.1, 0.15) is 0 Å². The summed E-state index contributed by atoms with van der Waals surface area (Å²) in [6, 6.07) is 0.621. The molecule has 0 aliphatic heterocycles. The molecule has 15 heavy (non-hydrogen) atoms. The second-order valence-corrected chi connectivity index (χ2v) is 5.19. The minimum Gasteiger partial charge on any atom is -0.313 e. The van der Waals surface area contributed by atoms with Crippen molar-refractivity contribution in [2.45, 2.75) is 66.3 Å². The van der Waals surface area contributed by atoms with Crippen molar-refractivity contribution in [3.05, 3.63) is 0 Å². The van der Waals surface area contributed by atoms with Gasteiger partial charge in [-0.2, -0.15) is 0 Å². The molecule has 1 N–H and O–H groups in total. The average molecular weight is 209 g/mol. The van der Waals surface area contributed by atoms with Gasteiger partial charge >= 0.3 is 0 Å². The molecule has 1 nitrogen and oxygen atoms in total. The Morgan fingerprint density at radius 2 is 1.93 bits per heavy atom. The van der Waals surface area contributed by atoms with Gasteiger partial charge in [-0.1, -0.05) is 27.7 Å². The fourth-order valence-electron chi connectivity index (χ4n) is 1.68. The molecule has 0 aromatic rings. The van der Waals surface area contributed by atoms with E-state index in [1.807, 2.05) is 6.92 Å². The summed E-state index contributed by atoms with van der Waals surface area (Å²) >= 11 is 0. The summed E-state index contributed by atoms with van der Waals surface area (Å²) in [6.07, 6.45) is 4.69. The van der Waals surface area contributed by atoms with Gasteiger partial charge in [0, 0.05) is 12.5 Å². The van der Waals surface area contributed by atoms with Gasteiger partial charge < -0.3 is 5.32 Å². The number of nitrogens with one attached hydrogen (secondary N) is 1. The minimum atomic E-state index is 0.356. The van der Waals surface area contributed by atoms with Crippen molar-refractivity contribution >= 4 is 0 Å².